The minimum atomic E-state index is -4.69. The average molecular weight is 380 g/mol. The van der Waals surface area contributed by atoms with Gasteiger partial charge in [-0.3, -0.25) is 0 Å². The Labute approximate surface area is 145 Å². The molecular formula is C15H13ClF3NO5. The zero-order valence-electron chi connectivity index (χ0n) is 13.1. The predicted octanol–water partition coefficient (Wildman–Crippen LogP) is 2.75. The summed E-state index contributed by atoms with van der Waals surface area (Å²) < 4.78 is 53.6. The molecule has 2 rings (SSSR count). The predicted molar refractivity (Wildman–Crippen MR) is 80.8 cm³/mol. The van der Waals surface area contributed by atoms with E-state index in [0.29, 0.717) is 0 Å². The molecule has 1 aromatic carbocycles. The number of ether oxygens (including phenoxy) is 3. The largest absolute Gasteiger partial charge is 0.466 e. The monoisotopic (exact) mass is 379 g/mol. The van der Waals surface area contributed by atoms with Crippen molar-refractivity contribution in [2.75, 3.05) is 32.5 Å². The number of methoxy groups -OCH3 is 2. The molecule has 0 saturated carbocycles. The van der Waals surface area contributed by atoms with Gasteiger partial charge in [0.1, 0.15) is 12.4 Å². The van der Waals surface area contributed by atoms with Gasteiger partial charge < -0.3 is 19.1 Å². The first-order chi connectivity index (χ1) is 11.7. The first kappa shape index (κ1) is 19.1. The zero-order chi connectivity index (χ0) is 18.8. The molecule has 0 atom stereocenters. The van der Waals surface area contributed by atoms with Crippen LogP contribution in [0.2, 0.25) is 5.02 Å². The Bertz CT molecular complexity index is 732. The summed E-state index contributed by atoms with van der Waals surface area (Å²) in [4.78, 5) is 25.0. The van der Waals surface area contributed by atoms with Crippen molar-refractivity contribution in [2.24, 2.45) is 0 Å². The SMILES string of the molecule is COC(=O)C1=C(C(=O)OC)N(c2ccc(Cl)c(C(F)(F)F)c2)COC1. The Hall–Kier alpha value is -2.26. The molecule has 0 N–H and O–H groups in total. The van der Waals surface area contributed by atoms with Crippen LogP contribution in [0, 0.1) is 0 Å². The lowest BCUT2D eigenvalue weighted by atomic mass is 10.1. The van der Waals surface area contributed by atoms with Crippen LogP contribution in [0.15, 0.2) is 29.5 Å². The van der Waals surface area contributed by atoms with Crippen molar-refractivity contribution in [3.05, 3.63) is 40.1 Å². The highest BCUT2D eigenvalue weighted by Crippen LogP contribution is 2.38. The van der Waals surface area contributed by atoms with Crippen LogP contribution < -0.4 is 4.90 Å². The normalized spacial score (nSPS) is 15.2. The van der Waals surface area contributed by atoms with Crippen LogP contribution in [0.4, 0.5) is 18.9 Å². The Morgan fingerprint density at radius 1 is 1.20 bits per heavy atom. The number of nitrogens with zero attached hydrogens (tertiary/aromatic N) is 1. The number of anilines is 1. The zero-order valence-corrected chi connectivity index (χ0v) is 13.9. The molecule has 0 bridgehead atoms. The van der Waals surface area contributed by atoms with Crippen LogP contribution in [-0.4, -0.2) is 39.5 Å². The molecule has 0 aliphatic carbocycles. The van der Waals surface area contributed by atoms with E-state index in [-0.39, 0.29) is 30.3 Å². The molecule has 136 valence electrons. The standard InChI is InChI=1S/C15H13ClF3NO5/c1-23-13(21)9-6-25-7-20(12(9)14(22)24-2)8-3-4-11(16)10(5-8)15(17,18)19/h3-5H,6-7H2,1-2H3. The molecule has 0 saturated heterocycles. The highest BCUT2D eigenvalue weighted by molar-refractivity contribution is 6.31. The summed E-state index contributed by atoms with van der Waals surface area (Å²) in [6.07, 6.45) is -4.69. The number of carbonyl (C=O) groups is 2. The van der Waals surface area contributed by atoms with Gasteiger partial charge in [-0.1, -0.05) is 11.6 Å². The van der Waals surface area contributed by atoms with Gasteiger partial charge in [0.15, 0.2) is 0 Å². The molecule has 1 aromatic rings. The molecule has 1 heterocycles. The lowest BCUT2D eigenvalue weighted by Crippen LogP contribution is -2.38. The van der Waals surface area contributed by atoms with Gasteiger partial charge >= 0.3 is 18.1 Å². The summed E-state index contributed by atoms with van der Waals surface area (Å²) in [5.74, 6) is -1.76. The molecule has 1 aliphatic heterocycles. The molecule has 6 nitrogen and oxygen atoms in total. The molecule has 10 heteroatoms. The van der Waals surface area contributed by atoms with E-state index >= 15 is 0 Å². The van der Waals surface area contributed by atoms with Gasteiger partial charge in [0.25, 0.3) is 0 Å². The molecule has 0 fully saturated rings. The second-order valence-corrected chi connectivity index (χ2v) is 5.29. The van der Waals surface area contributed by atoms with Crippen LogP contribution >= 0.6 is 11.6 Å². The van der Waals surface area contributed by atoms with Crippen LogP contribution in [0.1, 0.15) is 5.56 Å². The van der Waals surface area contributed by atoms with Gasteiger partial charge in [0.05, 0.1) is 37.0 Å². The van der Waals surface area contributed by atoms with E-state index in [1.807, 2.05) is 0 Å². The maximum absolute atomic E-state index is 13.1. The van der Waals surface area contributed by atoms with Gasteiger partial charge in [-0.05, 0) is 18.2 Å². The summed E-state index contributed by atoms with van der Waals surface area (Å²) in [6, 6.07) is 3.07. The summed E-state index contributed by atoms with van der Waals surface area (Å²) in [5, 5.41) is -0.494. The third-order valence-corrected chi connectivity index (χ3v) is 3.73. The number of halogens is 4. The van der Waals surface area contributed by atoms with E-state index in [0.717, 1.165) is 31.3 Å². The van der Waals surface area contributed by atoms with Gasteiger partial charge in [0.2, 0.25) is 0 Å². The minimum Gasteiger partial charge on any atom is -0.466 e. The van der Waals surface area contributed by atoms with Gasteiger partial charge in [-0.15, -0.1) is 0 Å². The first-order valence-corrected chi connectivity index (χ1v) is 7.20. The van der Waals surface area contributed by atoms with Crippen LogP contribution in [-0.2, 0) is 30.0 Å². The van der Waals surface area contributed by atoms with Crippen molar-refractivity contribution in [1.82, 2.24) is 0 Å². The fourth-order valence-corrected chi connectivity index (χ4v) is 2.47. The molecule has 0 aromatic heterocycles. The maximum atomic E-state index is 13.1. The van der Waals surface area contributed by atoms with Gasteiger partial charge in [-0.2, -0.15) is 13.2 Å². The number of hydrogen-bond donors (Lipinski definition) is 0. The lowest BCUT2D eigenvalue weighted by molar-refractivity contribution is -0.140. The van der Waals surface area contributed by atoms with Gasteiger partial charge in [0, 0.05) is 5.69 Å². The molecule has 0 amide bonds. The topological polar surface area (TPSA) is 65.1 Å². The molecule has 25 heavy (non-hydrogen) atoms. The number of rotatable bonds is 3. The number of hydrogen-bond acceptors (Lipinski definition) is 6. The Kier molecular flexibility index (Phi) is 5.58. The summed E-state index contributed by atoms with van der Waals surface area (Å²) >= 11 is 5.60. The van der Waals surface area contributed by atoms with E-state index in [2.05, 4.69) is 9.47 Å². The van der Waals surface area contributed by atoms with Crippen molar-refractivity contribution < 1.29 is 37.0 Å². The van der Waals surface area contributed by atoms with Crippen molar-refractivity contribution >= 4 is 29.2 Å². The van der Waals surface area contributed by atoms with E-state index < -0.39 is 28.7 Å². The quantitative estimate of drug-likeness (QED) is 0.752. The maximum Gasteiger partial charge on any atom is 0.417 e. The number of esters is 2. The smallest absolute Gasteiger partial charge is 0.417 e. The van der Waals surface area contributed by atoms with E-state index in [1.54, 1.807) is 0 Å². The van der Waals surface area contributed by atoms with E-state index in [9.17, 15) is 22.8 Å². The second kappa shape index (κ2) is 7.32. The third-order valence-electron chi connectivity index (χ3n) is 3.40. The number of alkyl halides is 3. The average Bonchev–Trinajstić information content (AvgIpc) is 2.59. The van der Waals surface area contributed by atoms with Crippen molar-refractivity contribution in [3.63, 3.8) is 0 Å². The second-order valence-electron chi connectivity index (χ2n) is 4.88. The van der Waals surface area contributed by atoms with Crippen molar-refractivity contribution in [1.29, 1.82) is 0 Å². The van der Waals surface area contributed by atoms with Gasteiger partial charge in [-0.25, -0.2) is 9.59 Å². The summed E-state index contributed by atoms with van der Waals surface area (Å²) in [7, 11) is 2.19. The number of carbonyl (C=O) groups excluding carboxylic acids is 2. The Morgan fingerprint density at radius 3 is 2.40 bits per heavy atom. The fraction of sp³-hybridized carbons (Fsp3) is 0.333. The molecule has 0 spiro atoms. The van der Waals surface area contributed by atoms with E-state index in [4.69, 9.17) is 16.3 Å². The fourth-order valence-electron chi connectivity index (χ4n) is 2.25. The van der Waals surface area contributed by atoms with Crippen LogP contribution in [0.5, 0.6) is 0 Å². The summed E-state index contributed by atoms with van der Waals surface area (Å²) in [6.45, 7) is -0.503. The highest BCUT2D eigenvalue weighted by atomic mass is 35.5. The van der Waals surface area contributed by atoms with Crippen LogP contribution in [0.3, 0.4) is 0 Å². The van der Waals surface area contributed by atoms with E-state index in [1.165, 1.54) is 6.07 Å². The van der Waals surface area contributed by atoms with Crippen LogP contribution in [0.25, 0.3) is 0 Å². The molecule has 1 aliphatic rings. The lowest BCUT2D eigenvalue weighted by Gasteiger charge is -2.31. The Morgan fingerprint density at radius 2 is 1.84 bits per heavy atom. The van der Waals surface area contributed by atoms with Crippen molar-refractivity contribution in [3.8, 4) is 0 Å². The first-order valence-electron chi connectivity index (χ1n) is 6.82. The highest BCUT2D eigenvalue weighted by Gasteiger charge is 2.36. The molecular weight excluding hydrogens is 367 g/mol. The third kappa shape index (κ3) is 3.88. The molecule has 0 unspecified atom stereocenters. The molecule has 0 radical (unpaired) electrons. The number of benzene rings is 1. The Balaban J connectivity index is 2.60. The van der Waals surface area contributed by atoms with Crippen molar-refractivity contribution in [2.45, 2.75) is 6.18 Å². The summed E-state index contributed by atoms with van der Waals surface area (Å²) in [5.41, 5.74) is -1.54. The minimum absolute atomic E-state index is 0.0433.